The SMILES string of the molecule is CC[C@H](C)c1ccc(OCCCn2cc(/C=C3/C(=O)NC(=O)N(c4ccc(F)cc4)C3=O)c3ccccc32)cc1. The normalized spacial score (nSPS) is 15.5. The number of hydrogen-bond donors (Lipinski definition) is 1. The molecule has 40 heavy (non-hydrogen) atoms. The van der Waals surface area contributed by atoms with E-state index in [1.165, 1.54) is 23.8 Å². The number of carbonyl (C=O) groups excluding carboxylic acids is 3. The molecule has 4 aromatic rings. The summed E-state index contributed by atoms with van der Waals surface area (Å²) < 4.78 is 21.4. The van der Waals surface area contributed by atoms with Gasteiger partial charge in [0.25, 0.3) is 11.8 Å². The molecule has 2 heterocycles. The number of barbiturate groups is 1. The van der Waals surface area contributed by atoms with Gasteiger partial charge in [-0.15, -0.1) is 0 Å². The van der Waals surface area contributed by atoms with Crippen LogP contribution in [-0.4, -0.2) is 29.0 Å². The van der Waals surface area contributed by atoms with Crippen molar-refractivity contribution in [2.24, 2.45) is 0 Å². The molecule has 1 saturated heterocycles. The van der Waals surface area contributed by atoms with E-state index in [4.69, 9.17) is 4.74 Å². The van der Waals surface area contributed by atoms with Gasteiger partial charge in [0.2, 0.25) is 0 Å². The van der Waals surface area contributed by atoms with Gasteiger partial charge >= 0.3 is 6.03 Å². The molecule has 7 nitrogen and oxygen atoms in total. The number of aromatic nitrogens is 1. The Balaban J connectivity index is 1.33. The lowest BCUT2D eigenvalue weighted by Crippen LogP contribution is -2.54. The summed E-state index contributed by atoms with van der Waals surface area (Å²) >= 11 is 0. The predicted octanol–water partition coefficient (Wildman–Crippen LogP) is 6.43. The van der Waals surface area contributed by atoms with Gasteiger partial charge in [-0.05, 0) is 72.9 Å². The number of benzene rings is 3. The maximum absolute atomic E-state index is 13.4. The van der Waals surface area contributed by atoms with Gasteiger partial charge in [-0.3, -0.25) is 14.9 Å². The molecular weight excluding hydrogens is 509 g/mol. The number of amides is 4. The number of urea groups is 1. The molecule has 1 fully saturated rings. The Morgan fingerprint density at radius 3 is 2.42 bits per heavy atom. The van der Waals surface area contributed by atoms with E-state index in [1.807, 2.05) is 42.6 Å². The summed E-state index contributed by atoms with van der Waals surface area (Å²) in [7, 11) is 0. The number of aryl methyl sites for hydroxylation is 1. The largest absolute Gasteiger partial charge is 0.494 e. The van der Waals surface area contributed by atoms with Crippen molar-refractivity contribution in [3.63, 3.8) is 0 Å². The molecule has 0 bridgehead atoms. The molecule has 3 aromatic carbocycles. The lowest BCUT2D eigenvalue weighted by molar-refractivity contribution is -0.122. The second-order valence-corrected chi connectivity index (χ2v) is 9.81. The van der Waals surface area contributed by atoms with Gasteiger partial charge in [0.15, 0.2) is 0 Å². The van der Waals surface area contributed by atoms with Crippen molar-refractivity contribution < 1.29 is 23.5 Å². The number of para-hydroxylation sites is 1. The average Bonchev–Trinajstić information content (AvgIpc) is 3.31. The maximum atomic E-state index is 13.4. The number of ether oxygens (including phenoxy) is 1. The van der Waals surface area contributed by atoms with Gasteiger partial charge in [-0.1, -0.05) is 44.2 Å². The summed E-state index contributed by atoms with van der Waals surface area (Å²) in [5, 5.41) is 3.07. The van der Waals surface area contributed by atoms with Crippen LogP contribution < -0.4 is 15.0 Å². The van der Waals surface area contributed by atoms with Crippen molar-refractivity contribution in [2.75, 3.05) is 11.5 Å². The maximum Gasteiger partial charge on any atom is 0.335 e. The zero-order valence-corrected chi connectivity index (χ0v) is 22.4. The molecule has 0 aliphatic carbocycles. The van der Waals surface area contributed by atoms with E-state index in [0.29, 0.717) is 24.6 Å². The van der Waals surface area contributed by atoms with Crippen LogP contribution >= 0.6 is 0 Å². The van der Waals surface area contributed by atoms with Crippen LogP contribution in [-0.2, 0) is 16.1 Å². The first-order valence-corrected chi connectivity index (χ1v) is 13.3. The molecule has 0 saturated carbocycles. The minimum Gasteiger partial charge on any atom is -0.494 e. The molecule has 0 unspecified atom stereocenters. The van der Waals surface area contributed by atoms with Gasteiger partial charge in [0, 0.05) is 29.2 Å². The minimum atomic E-state index is -0.879. The Morgan fingerprint density at radius 1 is 0.975 bits per heavy atom. The molecule has 1 aromatic heterocycles. The monoisotopic (exact) mass is 539 g/mol. The highest BCUT2D eigenvalue weighted by Crippen LogP contribution is 2.27. The molecule has 0 radical (unpaired) electrons. The number of nitrogens with one attached hydrogen (secondary N) is 1. The topological polar surface area (TPSA) is 80.6 Å². The Morgan fingerprint density at radius 2 is 1.70 bits per heavy atom. The molecule has 1 aliphatic heterocycles. The third kappa shape index (κ3) is 5.52. The summed E-state index contributed by atoms with van der Waals surface area (Å²) in [4.78, 5) is 39.2. The van der Waals surface area contributed by atoms with E-state index in [2.05, 4.69) is 35.9 Å². The fourth-order valence-corrected chi connectivity index (χ4v) is 4.77. The molecule has 1 N–H and O–H groups in total. The van der Waals surface area contributed by atoms with E-state index in [9.17, 15) is 18.8 Å². The Kier molecular flexibility index (Phi) is 7.77. The van der Waals surface area contributed by atoms with Crippen molar-refractivity contribution in [3.8, 4) is 5.75 Å². The molecule has 1 atom stereocenters. The molecular formula is C32H30FN3O4. The van der Waals surface area contributed by atoms with Crippen molar-refractivity contribution >= 4 is 40.5 Å². The molecule has 0 spiro atoms. The quantitative estimate of drug-likeness (QED) is 0.151. The minimum absolute atomic E-state index is 0.166. The molecule has 4 amide bonds. The van der Waals surface area contributed by atoms with Crippen LogP contribution in [0.2, 0.25) is 0 Å². The number of anilines is 1. The van der Waals surface area contributed by atoms with Crippen LogP contribution in [0.1, 0.15) is 43.7 Å². The highest BCUT2D eigenvalue weighted by atomic mass is 19.1. The van der Waals surface area contributed by atoms with Gasteiger partial charge in [0.05, 0.1) is 12.3 Å². The Labute approximate surface area is 231 Å². The highest BCUT2D eigenvalue weighted by molar-refractivity contribution is 6.39. The Bertz CT molecular complexity index is 1590. The standard InChI is InChI=1S/C32H30FN3O4/c1-3-21(2)22-9-15-26(16-10-22)40-18-6-17-35-20-23(27-7-4-5-8-29(27)35)19-28-30(37)34-32(39)36(31(28)38)25-13-11-24(33)12-14-25/h4-5,7-16,19-21H,3,6,17-18H2,1-2H3,(H,34,37,39)/b28-19-/t21-/m0/s1. The first-order chi connectivity index (χ1) is 19.4. The fraction of sp³-hybridized carbons (Fsp3) is 0.219. The van der Waals surface area contributed by atoms with E-state index < -0.39 is 23.7 Å². The summed E-state index contributed by atoms with van der Waals surface area (Å²) in [6.45, 7) is 5.57. The van der Waals surface area contributed by atoms with Crippen LogP contribution in [0.5, 0.6) is 5.75 Å². The van der Waals surface area contributed by atoms with Crippen LogP contribution in [0.4, 0.5) is 14.9 Å². The summed E-state index contributed by atoms with van der Waals surface area (Å²) in [5.74, 6) is -0.709. The van der Waals surface area contributed by atoms with Gasteiger partial charge in [-0.2, -0.15) is 0 Å². The molecule has 5 rings (SSSR count). The van der Waals surface area contributed by atoms with Crippen LogP contribution in [0.3, 0.4) is 0 Å². The van der Waals surface area contributed by atoms with Gasteiger partial charge in [-0.25, -0.2) is 14.1 Å². The summed E-state index contributed by atoms with van der Waals surface area (Å²) in [6, 6.07) is 20.0. The fourth-order valence-electron chi connectivity index (χ4n) is 4.77. The second-order valence-electron chi connectivity index (χ2n) is 9.81. The van der Waals surface area contributed by atoms with Gasteiger partial charge < -0.3 is 9.30 Å². The molecule has 1 aliphatic rings. The third-order valence-electron chi connectivity index (χ3n) is 7.18. The zero-order valence-electron chi connectivity index (χ0n) is 22.4. The number of rotatable bonds is 9. The van der Waals surface area contributed by atoms with Crippen LogP contribution in [0, 0.1) is 5.82 Å². The molecule has 204 valence electrons. The number of nitrogens with zero attached hydrogens (tertiary/aromatic N) is 2. The van der Waals surface area contributed by atoms with Crippen molar-refractivity contribution in [1.29, 1.82) is 0 Å². The van der Waals surface area contributed by atoms with Crippen molar-refractivity contribution in [2.45, 2.75) is 39.2 Å². The third-order valence-corrected chi connectivity index (χ3v) is 7.18. The number of hydrogen-bond acceptors (Lipinski definition) is 4. The lowest BCUT2D eigenvalue weighted by atomic mass is 9.99. The highest BCUT2D eigenvalue weighted by Gasteiger charge is 2.37. The van der Waals surface area contributed by atoms with Crippen molar-refractivity contribution in [1.82, 2.24) is 9.88 Å². The summed E-state index contributed by atoms with van der Waals surface area (Å²) in [6.07, 6.45) is 5.22. The van der Waals surface area contributed by atoms with Crippen LogP contribution in [0.15, 0.2) is 84.6 Å². The Hall–Kier alpha value is -4.72. The number of halogens is 1. The summed E-state index contributed by atoms with van der Waals surface area (Å²) in [5.41, 5.74) is 2.90. The number of imide groups is 2. The van der Waals surface area contributed by atoms with E-state index >= 15 is 0 Å². The van der Waals surface area contributed by atoms with Gasteiger partial charge in [0.1, 0.15) is 17.1 Å². The van der Waals surface area contributed by atoms with Crippen LogP contribution in [0.25, 0.3) is 17.0 Å². The first-order valence-electron chi connectivity index (χ1n) is 13.3. The zero-order chi connectivity index (χ0) is 28.2. The van der Waals surface area contributed by atoms with E-state index in [-0.39, 0.29) is 11.3 Å². The molecule has 8 heteroatoms. The van der Waals surface area contributed by atoms with E-state index in [1.54, 1.807) is 0 Å². The van der Waals surface area contributed by atoms with E-state index in [0.717, 1.165) is 46.5 Å². The predicted molar refractivity (Wildman–Crippen MR) is 153 cm³/mol. The second kappa shape index (κ2) is 11.6. The van der Waals surface area contributed by atoms with Crippen molar-refractivity contribution in [3.05, 3.63) is 102 Å². The number of fused-ring (bicyclic) bond motifs is 1. The average molecular weight is 540 g/mol. The first kappa shape index (κ1) is 26.9. The number of carbonyl (C=O) groups is 3. The smallest absolute Gasteiger partial charge is 0.335 e. The lowest BCUT2D eigenvalue weighted by Gasteiger charge is -2.26.